The van der Waals surface area contributed by atoms with E-state index in [9.17, 15) is 0 Å². The van der Waals surface area contributed by atoms with Crippen LogP contribution < -0.4 is 5.73 Å². The third-order valence-electron chi connectivity index (χ3n) is 4.23. The van der Waals surface area contributed by atoms with E-state index in [1.807, 2.05) is 0 Å². The van der Waals surface area contributed by atoms with Gasteiger partial charge in [0.1, 0.15) is 6.10 Å². The molecule has 2 unspecified atom stereocenters. The van der Waals surface area contributed by atoms with Crippen molar-refractivity contribution in [2.75, 3.05) is 13.2 Å². The third-order valence-corrected chi connectivity index (χ3v) is 4.23. The molecular formula is C15H29NO2. The fraction of sp³-hybridized carbons (Fsp3) is 1.00. The Morgan fingerprint density at radius 2 is 1.33 bits per heavy atom. The maximum absolute atomic E-state index is 6.32. The second-order valence-corrected chi connectivity index (χ2v) is 5.90. The largest absolute Gasteiger partial charge is 0.376 e. The highest BCUT2D eigenvalue weighted by molar-refractivity contribution is 4.78. The van der Waals surface area contributed by atoms with E-state index in [4.69, 9.17) is 15.2 Å². The summed E-state index contributed by atoms with van der Waals surface area (Å²) < 4.78 is 11.3. The Balaban J connectivity index is 1.77. The van der Waals surface area contributed by atoms with Crippen LogP contribution in [-0.2, 0) is 9.47 Å². The smallest absolute Gasteiger partial charge is 0.105 e. The van der Waals surface area contributed by atoms with Gasteiger partial charge in [-0.3, -0.25) is 0 Å². The zero-order valence-corrected chi connectivity index (χ0v) is 11.6. The second kappa shape index (κ2) is 8.13. The van der Waals surface area contributed by atoms with Gasteiger partial charge in [0.2, 0.25) is 0 Å². The molecule has 0 aromatic heterocycles. The minimum Gasteiger partial charge on any atom is -0.376 e. The van der Waals surface area contributed by atoms with Gasteiger partial charge in [-0.15, -0.1) is 0 Å². The van der Waals surface area contributed by atoms with E-state index in [1.54, 1.807) is 0 Å². The number of hydrogen-bond acceptors (Lipinski definition) is 3. The summed E-state index contributed by atoms with van der Waals surface area (Å²) >= 11 is 0. The normalized spacial score (nSPS) is 33.2. The molecule has 0 aromatic rings. The predicted octanol–water partition coefficient (Wildman–Crippen LogP) is 3.01. The fourth-order valence-corrected chi connectivity index (χ4v) is 2.89. The molecule has 1 saturated carbocycles. The molecule has 1 aliphatic carbocycles. The molecular weight excluding hydrogens is 226 g/mol. The summed E-state index contributed by atoms with van der Waals surface area (Å²) in [7, 11) is 0. The van der Waals surface area contributed by atoms with E-state index in [-0.39, 0.29) is 12.1 Å². The summed E-state index contributed by atoms with van der Waals surface area (Å²) in [6.07, 6.45) is 13.6. The zero-order valence-electron chi connectivity index (χ0n) is 11.6. The van der Waals surface area contributed by atoms with Crippen molar-refractivity contribution >= 4 is 0 Å². The summed E-state index contributed by atoms with van der Waals surface area (Å²) in [6, 6.07) is 0.227. The molecule has 1 heterocycles. The quantitative estimate of drug-likeness (QED) is 0.825. The molecule has 18 heavy (non-hydrogen) atoms. The van der Waals surface area contributed by atoms with Crippen molar-refractivity contribution in [2.24, 2.45) is 5.73 Å². The van der Waals surface area contributed by atoms with Gasteiger partial charge >= 0.3 is 0 Å². The Morgan fingerprint density at radius 3 is 1.89 bits per heavy atom. The monoisotopic (exact) mass is 255 g/mol. The molecule has 0 bridgehead atoms. The van der Waals surface area contributed by atoms with Crippen molar-refractivity contribution in [3.05, 3.63) is 0 Å². The SMILES string of the molecule is NC1CCCCCCCCCCC1OC1COC1. The molecule has 3 heteroatoms. The molecule has 0 radical (unpaired) electrons. The summed E-state index contributed by atoms with van der Waals surface area (Å²) in [5.41, 5.74) is 6.32. The molecule has 0 spiro atoms. The van der Waals surface area contributed by atoms with Crippen LogP contribution in [-0.4, -0.2) is 31.5 Å². The first-order valence-electron chi connectivity index (χ1n) is 7.85. The van der Waals surface area contributed by atoms with E-state index in [0.717, 1.165) is 26.1 Å². The lowest BCUT2D eigenvalue weighted by Gasteiger charge is -2.33. The van der Waals surface area contributed by atoms with Gasteiger partial charge in [-0.25, -0.2) is 0 Å². The van der Waals surface area contributed by atoms with Crippen molar-refractivity contribution in [1.82, 2.24) is 0 Å². The average Bonchev–Trinajstić information content (AvgIpc) is 2.30. The van der Waals surface area contributed by atoms with Crippen LogP contribution in [0.25, 0.3) is 0 Å². The molecule has 2 fully saturated rings. The highest BCUT2D eigenvalue weighted by Gasteiger charge is 2.26. The van der Waals surface area contributed by atoms with Crippen molar-refractivity contribution in [3.8, 4) is 0 Å². The maximum Gasteiger partial charge on any atom is 0.105 e. The molecule has 2 N–H and O–H groups in total. The topological polar surface area (TPSA) is 44.5 Å². The Kier molecular flexibility index (Phi) is 6.46. The van der Waals surface area contributed by atoms with Gasteiger partial charge < -0.3 is 15.2 Å². The predicted molar refractivity (Wildman–Crippen MR) is 73.6 cm³/mol. The first kappa shape index (κ1) is 14.3. The van der Waals surface area contributed by atoms with E-state index in [2.05, 4.69) is 0 Å². The Hall–Kier alpha value is -0.120. The zero-order chi connectivity index (χ0) is 12.6. The molecule has 0 amide bonds. The van der Waals surface area contributed by atoms with Crippen molar-refractivity contribution in [3.63, 3.8) is 0 Å². The first-order valence-corrected chi connectivity index (χ1v) is 7.85. The highest BCUT2D eigenvalue weighted by Crippen LogP contribution is 2.21. The average molecular weight is 255 g/mol. The van der Waals surface area contributed by atoms with Crippen LogP contribution in [0.5, 0.6) is 0 Å². The molecule has 2 aliphatic rings. The van der Waals surface area contributed by atoms with Crippen molar-refractivity contribution in [1.29, 1.82) is 0 Å². The summed E-state index contributed by atoms with van der Waals surface area (Å²) in [4.78, 5) is 0. The fourth-order valence-electron chi connectivity index (χ4n) is 2.89. The molecule has 1 saturated heterocycles. The molecule has 1 aliphatic heterocycles. The molecule has 0 aromatic carbocycles. The van der Waals surface area contributed by atoms with E-state index in [0.29, 0.717) is 6.10 Å². The Labute approximate surface area is 111 Å². The van der Waals surface area contributed by atoms with Crippen molar-refractivity contribution in [2.45, 2.75) is 82.5 Å². The van der Waals surface area contributed by atoms with Crippen LogP contribution >= 0.6 is 0 Å². The Bertz CT molecular complexity index is 219. The third kappa shape index (κ3) is 4.87. The summed E-state index contributed by atoms with van der Waals surface area (Å²) in [6.45, 7) is 1.53. The van der Waals surface area contributed by atoms with Gasteiger partial charge in [0.05, 0.1) is 19.3 Å². The lowest BCUT2D eigenvalue weighted by atomic mass is 9.96. The van der Waals surface area contributed by atoms with E-state index < -0.39 is 0 Å². The van der Waals surface area contributed by atoms with Gasteiger partial charge in [0.15, 0.2) is 0 Å². The standard InChI is InChI=1S/C15H29NO2/c16-14-9-7-5-3-1-2-4-6-8-10-15(14)18-13-11-17-12-13/h13-15H,1-12,16H2. The van der Waals surface area contributed by atoms with Crippen LogP contribution in [0.1, 0.15) is 64.2 Å². The summed E-state index contributed by atoms with van der Waals surface area (Å²) in [5, 5.41) is 0. The van der Waals surface area contributed by atoms with Crippen LogP contribution in [0.3, 0.4) is 0 Å². The van der Waals surface area contributed by atoms with E-state index in [1.165, 1.54) is 51.4 Å². The molecule has 3 nitrogen and oxygen atoms in total. The van der Waals surface area contributed by atoms with Crippen LogP contribution in [0.2, 0.25) is 0 Å². The van der Waals surface area contributed by atoms with Crippen LogP contribution in [0.4, 0.5) is 0 Å². The van der Waals surface area contributed by atoms with Crippen molar-refractivity contribution < 1.29 is 9.47 Å². The van der Waals surface area contributed by atoms with Gasteiger partial charge in [-0.05, 0) is 12.8 Å². The summed E-state index contributed by atoms with van der Waals surface area (Å²) in [5.74, 6) is 0. The minimum atomic E-state index is 0.227. The lowest BCUT2D eigenvalue weighted by Crippen LogP contribution is -2.45. The van der Waals surface area contributed by atoms with Gasteiger partial charge in [0.25, 0.3) is 0 Å². The highest BCUT2D eigenvalue weighted by atomic mass is 16.6. The number of rotatable bonds is 2. The molecule has 2 rings (SSSR count). The number of ether oxygens (including phenoxy) is 2. The molecule has 2 atom stereocenters. The second-order valence-electron chi connectivity index (χ2n) is 5.90. The minimum absolute atomic E-state index is 0.227. The molecule has 106 valence electrons. The van der Waals surface area contributed by atoms with E-state index >= 15 is 0 Å². The Morgan fingerprint density at radius 1 is 0.778 bits per heavy atom. The van der Waals surface area contributed by atoms with Gasteiger partial charge in [-0.2, -0.15) is 0 Å². The maximum atomic E-state index is 6.32. The van der Waals surface area contributed by atoms with Crippen LogP contribution in [0, 0.1) is 0 Å². The number of nitrogens with two attached hydrogens (primary N) is 1. The first-order chi connectivity index (χ1) is 8.86. The lowest BCUT2D eigenvalue weighted by molar-refractivity contribution is -0.160. The van der Waals surface area contributed by atoms with Gasteiger partial charge in [-0.1, -0.05) is 51.4 Å². The van der Waals surface area contributed by atoms with Crippen LogP contribution in [0.15, 0.2) is 0 Å². The van der Waals surface area contributed by atoms with Gasteiger partial charge in [0, 0.05) is 6.04 Å². The number of hydrogen-bond donors (Lipinski definition) is 1.